The van der Waals surface area contributed by atoms with Crippen LogP contribution in [-0.4, -0.2) is 25.0 Å². The number of hydrogen-bond donors (Lipinski definition) is 2. The summed E-state index contributed by atoms with van der Waals surface area (Å²) in [6.45, 7) is -3.14. The third kappa shape index (κ3) is 3.26. The molecule has 28 heavy (non-hydrogen) atoms. The summed E-state index contributed by atoms with van der Waals surface area (Å²) in [4.78, 5) is 17.0. The number of urea groups is 1. The molecule has 2 aromatic heterocycles. The highest BCUT2D eigenvalue weighted by Gasteiger charge is 2.27. The lowest BCUT2D eigenvalue weighted by atomic mass is 10.1. The highest BCUT2D eigenvalue weighted by atomic mass is 32.2. The van der Waals surface area contributed by atoms with Crippen LogP contribution >= 0.6 is 0 Å². The van der Waals surface area contributed by atoms with Gasteiger partial charge in [-0.15, -0.1) is 4.36 Å². The molecule has 0 saturated heterocycles. The molecule has 3 N–H and O–H groups in total. The Morgan fingerprint density at radius 3 is 2.36 bits per heavy atom. The van der Waals surface area contributed by atoms with E-state index in [1.807, 2.05) is 0 Å². The zero-order valence-corrected chi connectivity index (χ0v) is 15.4. The maximum atomic E-state index is 13.8. The second-order valence-corrected chi connectivity index (χ2v) is 8.38. The Kier molecular flexibility index (Phi) is 4.62. The summed E-state index contributed by atoms with van der Waals surface area (Å²) in [7, 11) is -4.14. The monoisotopic (exact) mass is 414 g/mol. The molecule has 8 nitrogen and oxygen atoms in total. The van der Waals surface area contributed by atoms with Gasteiger partial charge in [-0.25, -0.2) is 23.2 Å². The number of anilines is 1. The molecule has 2 aliphatic rings. The van der Waals surface area contributed by atoms with Gasteiger partial charge in [-0.05, 0) is 49.7 Å². The first-order valence-corrected chi connectivity index (χ1v) is 10.3. The molecule has 2 aromatic rings. The number of carbonyl (C=O) groups excluding carboxylic acids is 1. The van der Waals surface area contributed by atoms with Crippen molar-refractivity contribution in [3.05, 3.63) is 34.5 Å². The molecule has 0 fully saturated rings. The van der Waals surface area contributed by atoms with E-state index in [2.05, 4.69) is 19.8 Å². The molecule has 4 rings (SSSR count). The third-order valence-corrected chi connectivity index (χ3v) is 6.10. The maximum Gasteiger partial charge on any atom is 0.354 e. The average Bonchev–Trinajstić information content (AvgIpc) is 3.32. The van der Waals surface area contributed by atoms with Crippen LogP contribution in [0, 0.1) is 5.82 Å². The van der Waals surface area contributed by atoms with Crippen LogP contribution in [0.15, 0.2) is 15.6 Å². The first-order chi connectivity index (χ1) is 13.3. The molecule has 0 bridgehead atoms. The molecule has 2 amide bonds. The van der Waals surface area contributed by atoms with Crippen LogP contribution in [0.2, 0.25) is 0 Å². The van der Waals surface area contributed by atoms with Crippen LogP contribution in [-0.2, 0) is 35.6 Å². The zero-order valence-electron chi connectivity index (χ0n) is 14.6. The first kappa shape index (κ1) is 18.9. The summed E-state index contributed by atoms with van der Waals surface area (Å²) in [5, 5.41) is 10.2. The summed E-state index contributed by atoms with van der Waals surface area (Å²) in [5.74, 6) is -1.32. The fourth-order valence-electron chi connectivity index (χ4n) is 3.68. The minimum Gasteiger partial charge on any atom is -0.305 e. The van der Waals surface area contributed by atoms with Crippen molar-refractivity contribution in [1.82, 2.24) is 14.8 Å². The summed E-state index contributed by atoms with van der Waals surface area (Å²) in [5.41, 5.74) is 4.27. The smallest absolute Gasteiger partial charge is 0.305 e. The van der Waals surface area contributed by atoms with E-state index in [0.29, 0.717) is 11.9 Å². The number of rotatable bonds is 3. The Morgan fingerprint density at radius 1 is 1.21 bits per heavy atom. The van der Waals surface area contributed by atoms with Crippen molar-refractivity contribution in [1.29, 1.82) is 0 Å². The molecule has 2 aliphatic carbocycles. The quantitative estimate of drug-likeness (QED) is 0.803. The molecule has 0 aromatic carbocycles. The van der Waals surface area contributed by atoms with Gasteiger partial charge in [0.1, 0.15) is 0 Å². The topological polar surface area (TPSA) is 115 Å². The van der Waals surface area contributed by atoms with Crippen molar-refractivity contribution < 1.29 is 22.2 Å². The highest BCUT2D eigenvalue weighted by Crippen LogP contribution is 2.36. The Balaban J connectivity index is 1.68. The second kappa shape index (κ2) is 6.85. The minimum atomic E-state index is -4.14. The molecule has 0 aliphatic heterocycles. The van der Waals surface area contributed by atoms with Gasteiger partial charge in [0.15, 0.2) is 15.7 Å². The Hall–Kier alpha value is -2.47. The van der Waals surface area contributed by atoms with Gasteiger partial charge in [-0.1, -0.05) is 0 Å². The van der Waals surface area contributed by atoms with Gasteiger partial charge in [0, 0.05) is 11.4 Å². The lowest BCUT2D eigenvalue weighted by Crippen LogP contribution is -2.20. The zero-order chi connectivity index (χ0) is 20.1. The lowest BCUT2D eigenvalue weighted by Gasteiger charge is -2.14. The number of nitrogens with two attached hydrogens (primary N) is 1. The van der Waals surface area contributed by atoms with Crippen LogP contribution in [0.4, 0.5) is 23.7 Å². The Bertz CT molecular complexity index is 1060. The summed E-state index contributed by atoms with van der Waals surface area (Å²) in [6.07, 6.45) is 5.29. The highest BCUT2D eigenvalue weighted by molar-refractivity contribution is 7.91. The predicted molar refractivity (Wildman–Crippen MR) is 93.8 cm³/mol. The standard InChI is InChI=1S/C16H17F3N6O2S/c17-10-7-25(15(18)19)23-14(10)28(20,27)24-16(26)22-13-8-3-1-5-11(8)21-12-6-2-4-9(12)13/h7,15H,1-6H2,(H3,20,21,22,24,26,27)/t28-/m0/s1. The van der Waals surface area contributed by atoms with Crippen molar-refractivity contribution in [2.75, 3.05) is 5.32 Å². The van der Waals surface area contributed by atoms with Crippen molar-refractivity contribution >= 4 is 21.6 Å². The molecule has 12 heteroatoms. The van der Waals surface area contributed by atoms with Gasteiger partial charge in [0.05, 0.1) is 11.9 Å². The van der Waals surface area contributed by atoms with E-state index in [1.165, 1.54) is 0 Å². The minimum absolute atomic E-state index is 0.0345. The summed E-state index contributed by atoms with van der Waals surface area (Å²) in [6, 6.07) is -1.05. The lowest BCUT2D eigenvalue weighted by molar-refractivity contribution is 0.0552. The van der Waals surface area contributed by atoms with Gasteiger partial charge in [-0.2, -0.15) is 13.9 Å². The number of nitrogens with one attached hydrogen (secondary N) is 1. The van der Waals surface area contributed by atoms with Crippen molar-refractivity contribution in [2.24, 2.45) is 9.50 Å². The average molecular weight is 414 g/mol. The van der Waals surface area contributed by atoms with E-state index in [1.54, 1.807) is 0 Å². The molecular formula is C16H17F3N6O2S. The van der Waals surface area contributed by atoms with Gasteiger partial charge < -0.3 is 5.32 Å². The fourth-order valence-corrected chi connectivity index (χ4v) is 4.61. The second-order valence-electron chi connectivity index (χ2n) is 6.67. The molecule has 150 valence electrons. The third-order valence-electron chi connectivity index (χ3n) is 4.83. The molecule has 0 unspecified atom stereocenters. The van der Waals surface area contributed by atoms with Crippen LogP contribution in [0.1, 0.15) is 41.9 Å². The predicted octanol–water partition coefficient (Wildman–Crippen LogP) is 2.72. The maximum absolute atomic E-state index is 13.8. The van der Waals surface area contributed by atoms with E-state index in [-0.39, 0.29) is 4.68 Å². The van der Waals surface area contributed by atoms with Crippen molar-refractivity contribution in [2.45, 2.75) is 50.1 Å². The number of nitrogens with zero attached hydrogens (tertiary/aromatic N) is 4. The van der Waals surface area contributed by atoms with Crippen LogP contribution in [0.5, 0.6) is 0 Å². The molecule has 0 spiro atoms. The number of carbonyl (C=O) groups is 1. The normalized spacial score (nSPS) is 17.3. The largest absolute Gasteiger partial charge is 0.354 e. The van der Waals surface area contributed by atoms with E-state index < -0.39 is 33.3 Å². The van der Waals surface area contributed by atoms with Crippen LogP contribution in [0.25, 0.3) is 0 Å². The fraction of sp³-hybridized carbons (Fsp3) is 0.438. The SMILES string of the molecule is N[S@](=O)(=NC(=O)Nc1c2c(nc3c1CCC3)CCC2)c1nn(C(F)F)cc1F. The Labute approximate surface area is 158 Å². The molecule has 0 radical (unpaired) electrons. The summed E-state index contributed by atoms with van der Waals surface area (Å²) >= 11 is 0. The van der Waals surface area contributed by atoms with E-state index in [0.717, 1.165) is 61.0 Å². The number of pyridine rings is 1. The molecule has 0 saturated carbocycles. The first-order valence-electron chi connectivity index (χ1n) is 8.68. The number of alkyl halides is 2. The Morgan fingerprint density at radius 2 is 1.82 bits per heavy atom. The van der Waals surface area contributed by atoms with Gasteiger partial charge in [0.2, 0.25) is 5.03 Å². The molecule has 1 atom stereocenters. The number of hydrogen-bond acceptors (Lipinski definition) is 4. The van der Waals surface area contributed by atoms with E-state index in [9.17, 15) is 22.2 Å². The van der Waals surface area contributed by atoms with Crippen LogP contribution < -0.4 is 10.5 Å². The number of halogens is 3. The number of aromatic nitrogens is 3. The number of aryl methyl sites for hydroxylation is 2. The van der Waals surface area contributed by atoms with Gasteiger partial charge in [-0.3, -0.25) is 4.98 Å². The number of amides is 2. The van der Waals surface area contributed by atoms with E-state index >= 15 is 0 Å². The van der Waals surface area contributed by atoms with Crippen molar-refractivity contribution in [3.63, 3.8) is 0 Å². The number of fused-ring (bicyclic) bond motifs is 2. The van der Waals surface area contributed by atoms with E-state index in [4.69, 9.17) is 5.14 Å². The van der Waals surface area contributed by atoms with Crippen LogP contribution in [0.3, 0.4) is 0 Å². The summed E-state index contributed by atoms with van der Waals surface area (Å²) < 4.78 is 54.9. The molecule has 2 heterocycles. The van der Waals surface area contributed by atoms with Gasteiger partial charge >= 0.3 is 12.6 Å². The van der Waals surface area contributed by atoms with Gasteiger partial charge in [0.25, 0.3) is 0 Å². The van der Waals surface area contributed by atoms with Crippen molar-refractivity contribution in [3.8, 4) is 0 Å². The molecular weight excluding hydrogens is 397 g/mol.